The van der Waals surface area contributed by atoms with Crippen molar-refractivity contribution in [1.29, 1.82) is 0 Å². The first-order valence-corrected chi connectivity index (χ1v) is 7.78. The summed E-state index contributed by atoms with van der Waals surface area (Å²) in [5.41, 5.74) is 0.0197. The molecule has 0 saturated carbocycles. The highest BCUT2D eigenvalue weighted by Gasteiger charge is 2.51. The van der Waals surface area contributed by atoms with Crippen LogP contribution in [-0.2, 0) is 15.0 Å². The molecule has 24 heavy (non-hydrogen) atoms. The van der Waals surface area contributed by atoms with Crippen LogP contribution in [0.2, 0.25) is 5.02 Å². The maximum atomic E-state index is 12.9. The summed E-state index contributed by atoms with van der Waals surface area (Å²) in [7, 11) is 0. The van der Waals surface area contributed by atoms with Crippen LogP contribution in [0.5, 0.6) is 5.88 Å². The molecular formula is C17H15ClN2O4. The number of aromatic nitrogens is 1. The summed E-state index contributed by atoms with van der Waals surface area (Å²) in [6.45, 7) is 2.14. The lowest BCUT2D eigenvalue weighted by atomic mass is 9.73. The molecule has 2 N–H and O–H groups in total. The van der Waals surface area contributed by atoms with Crippen molar-refractivity contribution in [2.24, 2.45) is 0 Å². The zero-order valence-electron chi connectivity index (χ0n) is 12.9. The number of hydrogen-bond donors (Lipinski definition) is 2. The number of aliphatic carboxylic acids is 1. The molecular weight excluding hydrogens is 332 g/mol. The van der Waals surface area contributed by atoms with Crippen molar-refractivity contribution in [3.8, 4) is 5.88 Å². The van der Waals surface area contributed by atoms with Crippen molar-refractivity contribution >= 4 is 29.2 Å². The Hall–Kier alpha value is -2.60. The van der Waals surface area contributed by atoms with Crippen molar-refractivity contribution in [2.45, 2.75) is 18.8 Å². The average Bonchev–Trinajstić information content (AvgIpc) is 2.80. The monoisotopic (exact) mass is 346 g/mol. The molecule has 6 nitrogen and oxygen atoms in total. The van der Waals surface area contributed by atoms with Crippen LogP contribution in [0.15, 0.2) is 36.5 Å². The molecule has 0 radical (unpaired) electrons. The second-order valence-corrected chi connectivity index (χ2v) is 5.85. The highest BCUT2D eigenvalue weighted by atomic mass is 35.5. The van der Waals surface area contributed by atoms with E-state index in [4.69, 9.17) is 16.3 Å². The predicted molar refractivity (Wildman–Crippen MR) is 88.5 cm³/mol. The van der Waals surface area contributed by atoms with Crippen molar-refractivity contribution in [1.82, 2.24) is 4.98 Å². The van der Waals surface area contributed by atoms with Gasteiger partial charge in [-0.15, -0.1) is 0 Å². The van der Waals surface area contributed by atoms with Gasteiger partial charge in [0.05, 0.1) is 13.0 Å². The Morgan fingerprint density at radius 2 is 2.17 bits per heavy atom. The minimum Gasteiger partial charge on any atom is -0.481 e. The first-order chi connectivity index (χ1) is 11.5. The number of hydrogen-bond acceptors (Lipinski definition) is 4. The molecule has 1 unspecified atom stereocenters. The van der Waals surface area contributed by atoms with E-state index < -0.39 is 23.7 Å². The quantitative estimate of drug-likeness (QED) is 0.869. The maximum absolute atomic E-state index is 12.9. The standard InChI is InChI=1S/C17H15ClN2O4/c1-2-24-15-11(4-3-7-19-15)17(9-14(21)22)12-8-10(18)5-6-13(12)20-16(17)23/h3-8H,2,9H2,1H3,(H,20,23)(H,21,22). The molecule has 3 rings (SSSR count). The second-order valence-electron chi connectivity index (χ2n) is 5.41. The number of carbonyl (C=O) groups is 2. The molecule has 0 bridgehead atoms. The van der Waals surface area contributed by atoms with Crippen molar-refractivity contribution in [2.75, 3.05) is 11.9 Å². The zero-order valence-corrected chi connectivity index (χ0v) is 13.6. The summed E-state index contributed by atoms with van der Waals surface area (Å²) < 4.78 is 5.53. The Balaban J connectivity index is 2.30. The third-order valence-electron chi connectivity index (χ3n) is 4.01. The fourth-order valence-corrected chi connectivity index (χ4v) is 3.23. The van der Waals surface area contributed by atoms with Gasteiger partial charge in [0, 0.05) is 22.5 Å². The van der Waals surface area contributed by atoms with Crippen LogP contribution in [0.1, 0.15) is 24.5 Å². The SMILES string of the molecule is CCOc1ncccc1C1(CC(=O)O)C(=O)Nc2ccc(Cl)cc21. The summed E-state index contributed by atoms with van der Waals surface area (Å²) in [5, 5.41) is 12.6. The molecule has 1 aliphatic heterocycles. The summed E-state index contributed by atoms with van der Waals surface area (Å²) >= 11 is 6.09. The number of nitrogens with zero attached hydrogens (tertiary/aromatic N) is 1. The van der Waals surface area contributed by atoms with Crippen LogP contribution < -0.4 is 10.1 Å². The van der Waals surface area contributed by atoms with E-state index in [9.17, 15) is 14.7 Å². The van der Waals surface area contributed by atoms with Crippen molar-refractivity contribution < 1.29 is 19.4 Å². The highest BCUT2D eigenvalue weighted by Crippen LogP contribution is 2.48. The van der Waals surface area contributed by atoms with Gasteiger partial charge in [-0.25, -0.2) is 4.98 Å². The van der Waals surface area contributed by atoms with E-state index in [0.717, 1.165) is 0 Å². The molecule has 1 aromatic heterocycles. The number of pyridine rings is 1. The maximum Gasteiger partial charge on any atom is 0.305 e. The fourth-order valence-electron chi connectivity index (χ4n) is 3.06. The van der Waals surface area contributed by atoms with Crippen LogP contribution in [0, 0.1) is 0 Å². The van der Waals surface area contributed by atoms with Crippen LogP contribution >= 0.6 is 11.6 Å². The first-order valence-electron chi connectivity index (χ1n) is 7.40. The van der Waals surface area contributed by atoms with Gasteiger partial charge in [-0.05, 0) is 36.8 Å². The number of ether oxygens (including phenoxy) is 1. The number of nitrogens with one attached hydrogen (secondary N) is 1. The van der Waals surface area contributed by atoms with Crippen LogP contribution in [0.25, 0.3) is 0 Å². The third-order valence-corrected chi connectivity index (χ3v) is 4.24. The molecule has 124 valence electrons. The lowest BCUT2D eigenvalue weighted by Crippen LogP contribution is -2.38. The number of fused-ring (bicyclic) bond motifs is 1. The molecule has 2 heterocycles. The number of anilines is 1. The normalized spacial score (nSPS) is 18.8. The molecule has 0 aliphatic carbocycles. The lowest BCUT2D eigenvalue weighted by Gasteiger charge is -2.27. The van der Waals surface area contributed by atoms with Crippen LogP contribution in [0.4, 0.5) is 5.69 Å². The topological polar surface area (TPSA) is 88.5 Å². The Morgan fingerprint density at radius 3 is 2.88 bits per heavy atom. The van der Waals surface area contributed by atoms with Gasteiger partial charge in [-0.3, -0.25) is 9.59 Å². The number of carboxylic acid groups (broad SMARTS) is 1. The van der Waals surface area contributed by atoms with E-state index in [0.29, 0.717) is 28.4 Å². The number of rotatable bonds is 5. The van der Waals surface area contributed by atoms with Gasteiger partial charge in [0.1, 0.15) is 5.41 Å². The molecule has 7 heteroatoms. The minimum absolute atomic E-state index is 0.240. The van der Waals surface area contributed by atoms with E-state index >= 15 is 0 Å². The van der Waals surface area contributed by atoms with E-state index in [1.54, 1.807) is 37.3 Å². The molecule has 1 aromatic carbocycles. The second kappa shape index (κ2) is 6.13. The Kier molecular flexibility index (Phi) is 4.15. The summed E-state index contributed by atoms with van der Waals surface area (Å²) in [4.78, 5) is 28.6. The minimum atomic E-state index is -1.44. The average molecular weight is 347 g/mol. The van der Waals surface area contributed by atoms with Gasteiger partial charge in [-0.1, -0.05) is 17.7 Å². The largest absolute Gasteiger partial charge is 0.481 e. The molecule has 0 spiro atoms. The third kappa shape index (κ3) is 2.49. The van der Waals surface area contributed by atoms with Gasteiger partial charge in [0.25, 0.3) is 0 Å². The summed E-state index contributed by atoms with van der Waals surface area (Å²) in [6, 6.07) is 8.23. The van der Waals surface area contributed by atoms with Gasteiger partial charge < -0.3 is 15.2 Å². The van der Waals surface area contributed by atoms with E-state index in [1.165, 1.54) is 6.20 Å². The van der Waals surface area contributed by atoms with Crippen LogP contribution in [0.3, 0.4) is 0 Å². The predicted octanol–water partition coefficient (Wildman–Crippen LogP) is 2.85. The lowest BCUT2D eigenvalue weighted by molar-refractivity contribution is -0.140. The van der Waals surface area contributed by atoms with E-state index in [2.05, 4.69) is 10.3 Å². The smallest absolute Gasteiger partial charge is 0.305 e. The van der Waals surface area contributed by atoms with Crippen LogP contribution in [-0.4, -0.2) is 28.6 Å². The number of halogens is 1. The van der Waals surface area contributed by atoms with Crippen molar-refractivity contribution in [3.63, 3.8) is 0 Å². The molecule has 1 atom stereocenters. The van der Waals surface area contributed by atoms with E-state index in [1.807, 2.05) is 0 Å². The van der Waals surface area contributed by atoms with Crippen molar-refractivity contribution in [3.05, 3.63) is 52.7 Å². The first kappa shape index (κ1) is 16.3. The van der Waals surface area contributed by atoms with Gasteiger partial charge in [-0.2, -0.15) is 0 Å². The van der Waals surface area contributed by atoms with Gasteiger partial charge in [0.2, 0.25) is 11.8 Å². The zero-order chi connectivity index (χ0) is 17.3. The Labute approximate surface area is 143 Å². The molecule has 0 fully saturated rings. The number of amides is 1. The molecule has 1 aliphatic rings. The number of carboxylic acids is 1. The van der Waals surface area contributed by atoms with Gasteiger partial charge >= 0.3 is 5.97 Å². The number of carbonyl (C=O) groups excluding carboxylic acids is 1. The fraction of sp³-hybridized carbons (Fsp3) is 0.235. The summed E-state index contributed by atoms with van der Waals surface area (Å²) in [5.74, 6) is -1.30. The summed E-state index contributed by atoms with van der Waals surface area (Å²) in [6.07, 6.45) is 1.10. The number of benzene rings is 1. The highest BCUT2D eigenvalue weighted by molar-refractivity contribution is 6.31. The molecule has 2 aromatic rings. The Morgan fingerprint density at radius 1 is 1.38 bits per heavy atom. The van der Waals surface area contributed by atoms with Gasteiger partial charge in [0.15, 0.2) is 0 Å². The molecule has 0 saturated heterocycles. The Bertz CT molecular complexity index is 824. The van der Waals surface area contributed by atoms with E-state index in [-0.39, 0.29) is 5.88 Å². The molecule has 1 amide bonds.